The third-order valence-electron chi connectivity index (χ3n) is 5.45. The van der Waals surface area contributed by atoms with Crippen molar-refractivity contribution in [3.63, 3.8) is 0 Å². The van der Waals surface area contributed by atoms with E-state index in [-0.39, 0.29) is 23.9 Å². The first kappa shape index (κ1) is 19.6. The summed E-state index contributed by atoms with van der Waals surface area (Å²) in [6.07, 6.45) is 3.30. The van der Waals surface area contributed by atoms with Crippen molar-refractivity contribution < 1.29 is 19.7 Å². The molecule has 0 aliphatic carbocycles. The van der Waals surface area contributed by atoms with Crippen molar-refractivity contribution in [1.29, 1.82) is 0 Å². The van der Waals surface area contributed by atoms with Crippen molar-refractivity contribution in [2.45, 2.75) is 13.5 Å². The highest BCUT2D eigenvalue weighted by Crippen LogP contribution is 2.42. The number of ether oxygens (including phenoxy) is 1. The van der Waals surface area contributed by atoms with Crippen LogP contribution in [0.15, 0.2) is 36.2 Å². The second-order valence-electron chi connectivity index (χ2n) is 7.43. The Morgan fingerprint density at radius 3 is 2.66 bits per heavy atom. The predicted molar refractivity (Wildman–Crippen MR) is 109 cm³/mol. The number of hydrogen-bond donors (Lipinski definition) is 2. The number of β-amino-alcohol motifs (C(OH)–C–C–N with tert-alkyl or cyclic N) is 1. The van der Waals surface area contributed by atoms with Gasteiger partial charge in [-0.3, -0.25) is 19.6 Å². The normalized spacial score (nSPS) is 18.8. The third-order valence-corrected chi connectivity index (χ3v) is 5.45. The van der Waals surface area contributed by atoms with Crippen LogP contribution in [-0.4, -0.2) is 70.1 Å². The minimum Gasteiger partial charge on any atom is -0.507 e. The van der Waals surface area contributed by atoms with E-state index in [4.69, 9.17) is 9.84 Å². The van der Waals surface area contributed by atoms with Gasteiger partial charge in [0.1, 0.15) is 11.5 Å². The zero-order valence-corrected chi connectivity index (χ0v) is 16.5. The summed E-state index contributed by atoms with van der Waals surface area (Å²) in [6.45, 7) is 6.53. The number of hydrogen-bond acceptors (Lipinski definition) is 7. The average Bonchev–Trinajstić information content (AvgIpc) is 3.04. The maximum absolute atomic E-state index is 12.9. The van der Waals surface area contributed by atoms with Crippen molar-refractivity contribution in [2.75, 3.05) is 39.3 Å². The zero-order chi connectivity index (χ0) is 20.4. The molecule has 2 N–H and O–H groups in total. The maximum atomic E-state index is 12.9. The number of aliphatic hydroxyl groups excluding tert-OH is 1. The van der Waals surface area contributed by atoms with E-state index in [1.807, 2.05) is 18.2 Å². The molecule has 4 rings (SSSR count). The van der Waals surface area contributed by atoms with Gasteiger partial charge in [-0.05, 0) is 30.7 Å². The van der Waals surface area contributed by atoms with Gasteiger partial charge in [0.05, 0.1) is 23.4 Å². The number of ketones is 1. The Balaban J connectivity index is 1.59. The van der Waals surface area contributed by atoms with Crippen LogP contribution in [0.25, 0.3) is 6.08 Å². The van der Waals surface area contributed by atoms with E-state index in [0.717, 1.165) is 26.2 Å². The molecular formula is C22H25N3O4. The van der Waals surface area contributed by atoms with Crippen LogP contribution in [0.1, 0.15) is 27.2 Å². The van der Waals surface area contributed by atoms with Crippen molar-refractivity contribution >= 4 is 11.9 Å². The van der Waals surface area contributed by atoms with Gasteiger partial charge in [-0.25, -0.2) is 0 Å². The van der Waals surface area contributed by atoms with E-state index in [0.29, 0.717) is 41.2 Å². The van der Waals surface area contributed by atoms with Gasteiger partial charge in [0.15, 0.2) is 5.76 Å². The number of fused-ring (bicyclic) bond motifs is 1. The van der Waals surface area contributed by atoms with E-state index in [9.17, 15) is 9.90 Å². The van der Waals surface area contributed by atoms with Crippen molar-refractivity contribution in [3.05, 3.63) is 58.6 Å². The number of nitrogens with zero attached hydrogens (tertiary/aromatic N) is 3. The fourth-order valence-corrected chi connectivity index (χ4v) is 3.86. The summed E-state index contributed by atoms with van der Waals surface area (Å²) >= 11 is 0. The van der Waals surface area contributed by atoms with Crippen LogP contribution in [0.4, 0.5) is 0 Å². The number of benzene rings is 1. The first-order valence-electron chi connectivity index (χ1n) is 9.83. The van der Waals surface area contributed by atoms with Gasteiger partial charge in [-0.2, -0.15) is 0 Å². The van der Waals surface area contributed by atoms with Crippen LogP contribution >= 0.6 is 0 Å². The van der Waals surface area contributed by atoms with E-state index in [2.05, 4.69) is 14.8 Å². The molecule has 0 atom stereocenters. The lowest BCUT2D eigenvalue weighted by Gasteiger charge is -2.34. The Bertz CT molecular complexity index is 935. The van der Waals surface area contributed by atoms with Gasteiger partial charge in [0.25, 0.3) is 0 Å². The number of phenols is 1. The number of carbonyl (C=O) groups is 1. The summed E-state index contributed by atoms with van der Waals surface area (Å²) in [7, 11) is 0. The first-order chi connectivity index (χ1) is 14.1. The SMILES string of the molecule is Cc1cc(O)c(CN2CCN(CCO)CC2)c2c1C(=O)/C(=C/c1ccccn1)O2. The molecule has 0 bridgehead atoms. The Morgan fingerprint density at radius 2 is 1.97 bits per heavy atom. The summed E-state index contributed by atoms with van der Waals surface area (Å²) in [6, 6.07) is 7.12. The first-order valence-corrected chi connectivity index (χ1v) is 9.83. The van der Waals surface area contributed by atoms with Crippen molar-refractivity contribution in [2.24, 2.45) is 0 Å². The number of aromatic hydroxyl groups is 1. The molecule has 29 heavy (non-hydrogen) atoms. The standard InChI is InChI=1S/C22H25N3O4/c1-15-12-18(27)17(14-25-8-6-24(7-9-25)10-11-26)22-20(15)21(28)19(29-22)13-16-4-2-3-5-23-16/h2-5,12-13,26-27H,6-11,14H2,1H3/b19-13-. The van der Waals surface area contributed by atoms with Crippen LogP contribution in [0.2, 0.25) is 0 Å². The molecule has 0 radical (unpaired) electrons. The molecule has 0 spiro atoms. The summed E-state index contributed by atoms with van der Waals surface area (Å²) < 4.78 is 5.96. The highest BCUT2D eigenvalue weighted by Gasteiger charge is 2.34. The van der Waals surface area contributed by atoms with E-state index in [1.165, 1.54) is 0 Å². The summed E-state index contributed by atoms with van der Waals surface area (Å²) in [5, 5.41) is 19.7. The average molecular weight is 395 g/mol. The van der Waals surface area contributed by atoms with Gasteiger partial charge >= 0.3 is 0 Å². The molecule has 1 aromatic carbocycles. The van der Waals surface area contributed by atoms with E-state index < -0.39 is 0 Å². The highest BCUT2D eigenvalue weighted by atomic mass is 16.5. The van der Waals surface area contributed by atoms with Crippen LogP contribution in [-0.2, 0) is 6.54 Å². The lowest BCUT2D eigenvalue weighted by Crippen LogP contribution is -2.46. The minimum absolute atomic E-state index is 0.144. The van der Waals surface area contributed by atoms with Crippen LogP contribution in [0.3, 0.4) is 0 Å². The van der Waals surface area contributed by atoms with Gasteiger partial charge in [-0.1, -0.05) is 6.07 Å². The molecule has 1 fully saturated rings. The number of aromatic nitrogens is 1. The minimum atomic E-state index is -0.183. The Hall–Kier alpha value is -2.74. The Labute approximate surface area is 169 Å². The summed E-state index contributed by atoms with van der Waals surface area (Å²) in [5.41, 5.74) is 2.49. The summed E-state index contributed by atoms with van der Waals surface area (Å²) in [4.78, 5) is 21.6. The van der Waals surface area contributed by atoms with Gasteiger partial charge in [0.2, 0.25) is 5.78 Å². The lowest BCUT2D eigenvalue weighted by molar-refractivity contribution is 0.101. The second kappa shape index (κ2) is 8.32. The molecule has 7 nitrogen and oxygen atoms in total. The molecule has 0 amide bonds. The quantitative estimate of drug-likeness (QED) is 0.747. The fourth-order valence-electron chi connectivity index (χ4n) is 3.86. The fraction of sp³-hybridized carbons (Fsp3) is 0.364. The molecular weight excluding hydrogens is 370 g/mol. The maximum Gasteiger partial charge on any atom is 0.232 e. The Kier molecular flexibility index (Phi) is 5.62. The largest absolute Gasteiger partial charge is 0.507 e. The monoisotopic (exact) mass is 395 g/mol. The molecule has 1 aromatic heterocycles. The topological polar surface area (TPSA) is 86.1 Å². The molecule has 0 saturated carbocycles. The number of aliphatic hydroxyl groups is 1. The highest BCUT2D eigenvalue weighted by molar-refractivity contribution is 6.15. The van der Waals surface area contributed by atoms with Gasteiger partial charge in [0, 0.05) is 51.5 Å². The van der Waals surface area contributed by atoms with Gasteiger partial charge in [-0.15, -0.1) is 0 Å². The lowest BCUT2D eigenvalue weighted by atomic mass is 9.99. The third kappa shape index (κ3) is 4.03. The number of allylic oxidation sites excluding steroid dienone is 1. The molecule has 1 saturated heterocycles. The van der Waals surface area contributed by atoms with Crippen LogP contribution in [0.5, 0.6) is 11.5 Å². The van der Waals surface area contributed by atoms with Gasteiger partial charge < -0.3 is 14.9 Å². The molecule has 2 aliphatic heterocycles. The smallest absolute Gasteiger partial charge is 0.232 e. The number of pyridine rings is 1. The molecule has 2 aromatic rings. The second-order valence-corrected chi connectivity index (χ2v) is 7.43. The molecule has 0 unspecified atom stereocenters. The molecule has 7 heteroatoms. The molecule has 152 valence electrons. The van der Waals surface area contributed by atoms with E-state index >= 15 is 0 Å². The number of piperazine rings is 1. The number of phenolic OH excluding ortho intramolecular Hbond substituents is 1. The Morgan fingerprint density at radius 1 is 1.21 bits per heavy atom. The number of aryl methyl sites for hydroxylation is 1. The van der Waals surface area contributed by atoms with Crippen molar-refractivity contribution in [1.82, 2.24) is 14.8 Å². The van der Waals surface area contributed by atoms with E-state index in [1.54, 1.807) is 25.3 Å². The molecule has 2 aliphatic rings. The molecule has 3 heterocycles. The summed E-state index contributed by atoms with van der Waals surface area (Å²) in [5.74, 6) is 0.636. The zero-order valence-electron chi connectivity index (χ0n) is 16.5. The van der Waals surface area contributed by atoms with Crippen LogP contribution in [0, 0.1) is 6.92 Å². The number of Topliss-reactive ketones (excluding diaryl/α,β-unsaturated/α-hetero) is 1. The predicted octanol–water partition coefficient (Wildman–Crippen LogP) is 1.82. The van der Waals surface area contributed by atoms with Crippen molar-refractivity contribution in [3.8, 4) is 11.5 Å². The van der Waals surface area contributed by atoms with Crippen LogP contribution < -0.4 is 4.74 Å². The number of carbonyl (C=O) groups excluding carboxylic acids is 1. The number of rotatable bonds is 5.